The molecule has 0 spiro atoms. The SMILES string of the molecule is CCCN1C(=O)C(=O)/C(=C(\O)c2cccc(OC)c2)C1c1cccc(OCCO)c1. The molecule has 1 fully saturated rings. The minimum absolute atomic E-state index is 0.0287. The molecule has 1 saturated heterocycles. The molecule has 1 amide bonds. The summed E-state index contributed by atoms with van der Waals surface area (Å²) in [5, 5.41) is 20.0. The van der Waals surface area contributed by atoms with Crippen LogP contribution in [0, 0.1) is 0 Å². The van der Waals surface area contributed by atoms with Crippen LogP contribution in [0.2, 0.25) is 0 Å². The van der Waals surface area contributed by atoms with Crippen LogP contribution >= 0.6 is 0 Å². The summed E-state index contributed by atoms with van der Waals surface area (Å²) in [6.07, 6.45) is 0.656. The van der Waals surface area contributed by atoms with Crippen LogP contribution in [0.5, 0.6) is 11.5 Å². The number of hydrogen-bond donors (Lipinski definition) is 2. The van der Waals surface area contributed by atoms with Gasteiger partial charge in [-0.3, -0.25) is 9.59 Å². The average molecular weight is 411 g/mol. The third kappa shape index (κ3) is 4.16. The van der Waals surface area contributed by atoms with Gasteiger partial charge in [0.25, 0.3) is 11.7 Å². The van der Waals surface area contributed by atoms with E-state index in [9.17, 15) is 14.7 Å². The van der Waals surface area contributed by atoms with Crippen molar-refractivity contribution < 1.29 is 29.3 Å². The summed E-state index contributed by atoms with van der Waals surface area (Å²) >= 11 is 0. The van der Waals surface area contributed by atoms with E-state index in [2.05, 4.69) is 0 Å². The topological polar surface area (TPSA) is 96.3 Å². The second kappa shape index (κ2) is 9.45. The third-order valence-corrected chi connectivity index (χ3v) is 4.88. The highest BCUT2D eigenvalue weighted by molar-refractivity contribution is 6.46. The molecule has 1 atom stereocenters. The average Bonchev–Trinajstić information content (AvgIpc) is 3.02. The Morgan fingerprint density at radius 2 is 1.83 bits per heavy atom. The van der Waals surface area contributed by atoms with Crippen LogP contribution in [0.15, 0.2) is 54.1 Å². The number of hydrogen-bond acceptors (Lipinski definition) is 6. The zero-order valence-corrected chi connectivity index (χ0v) is 17.0. The van der Waals surface area contributed by atoms with Gasteiger partial charge in [0.05, 0.1) is 25.3 Å². The van der Waals surface area contributed by atoms with Gasteiger partial charge < -0.3 is 24.6 Å². The standard InChI is InChI=1S/C23H25NO6/c1-3-10-24-20(15-6-4-9-18(13-15)30-12-11-25)19(22(27)23(24)28)21(26)16-7-5-8-17(14-16)29-2/h4-9,13-14,20,25-26H,3,10-12H2,1-2H3/b21-19-. The molecule has 158 valence electrons. The molecule has 2 aromatic rings. The van der Waals surface area contributed by atoms with E-state index in [1.165, 1.54) is 12.0 Å². The molecule has 1 aliphatic heterocycles. The van der Waals surface area contributed by atoms with Gasteiger partial charge in [-0.1, -0.05) is 31.2 Å². The molecule has 1 unspecified atom stereocenters. The summed E-state index contributed by atoms with van der Waals surface area (Å²) in [4.78, 5) is 27.1. The number of methoxy groups -OCH3 is 1. The van der Waals surface area contributed by atoms with Gasteiger partial charge >= 0.3 is 0 Å². The summed E-state index contributed by atoms with van der Waals surface area (Å²) in [7, 11) is 1.51. The number of aliphatic hydroxyl groups is 2. The van der Waals surface area contributed by atoms with Gasteiger partial charge in [-0.05, 0) is 36.2 Å². The molecule has 7 heteroatoms. The van der Waals surface area contributed by atoms with E-state index in [1.54, 1.807) is 48.5 Å². The first-order valence-corrected chi connectivity index (χ1v) is 9.78. The second-order valence-electron chi connectivity index (χ2n) is 6.87. The molecule has 0 aromatic heterocycles. The van der Waals surface area contributed by atoms with Gasteiger partial charge in [0.2, 0.25) is 0 Å². The van der Waals surface area contributed by atoms with Crippen molar-refractivity contribution in [1.82, 2.24) is 4.90 Å². The molecule has 30 heavy (non-hydrogen) atoms. The van der Waals surface area contributed by atoms with Gasteiger partial charge in [-0.2, -0.15) is 0 Å². The van der Waals surface area contributed by atoms with Crippen LogP contribution in [-0.2, 0) is 9.59 Å². The quantitative estimate of drug-likeness (QED) is 0.394. The second-order valence-corrected chi connectivity index (χ2v) is 6.87. The smallest absolute Gasteiger partial charge is 0.295 e. The first-order chi connectivity index (χ1) is 14.5. The third-order valence-electron chi connectivity index (χ3n) is 4.88. The predicted octanol–water partition coefficient (Wildman–Crippen LogP) is 2.90. The number of amides is 1. The molecule has 0 bridgehead atoms. The van der Waals surface area contributed by atoms with Crippen LogP contribution in [0.4, 0.5) is 0 Å². The lowest BCUT2D eigenvalue weighted by Crippen LogP contribution is -2.30. The largest absolute Gasteiger partial charge is 0.507 e. The van der Waals surface area contributed by atoms with Crippen molar-refractivity contribution in [2.24, 2.45) is 0 Å². The molecule has 0 saturated carbocycles. The number of benzene rings is 2. The number of carbonyl (C=O) groups is 2. The fraction of sp³-hybridized carbons (Fsp3) is 0.304. The van der Waals surface area contributed by atoms with Crippen LogP contribution in [0.3, 0.4) is 0 Å². The molecule has 0 radical (unpaired) electrons. The highest BCUT2D eigenvalue weighted by Crippen LogP contribution is 2.40. The van der Waals surface area contributed by atoms with Gasteiger partial charge in [0.1, 0.15) is 23.9 Å². The lowest BCUT2D eigenvalue weighted by Gasteiger charge is -2.25. The Labute approximate surface area is 175 Å². The van der Waals surface area contributed by atoms with Crippen molar-refractivity contribution in [3.8, 4) is 11.5 Å². The summed E-state index contributed by atoms with van der Waals surface area (Å²) in [5.74, 6) is -0.594. The van der Waals surface area contributed by atoms with Crippen molar-refractivity contribution in [2.45, 2.75) is 19.4 Å². The maximum atomic E-state index is 12.9. The lowest BCUT2D eigenvalue weighted by molar-refractivity contribution is -0.139. The number of likely N-dealkylation sites (tertiary alicyclic amines) is 1. The van der Waals surface area contributed by atoms with Gasteiger partial charge in [0, 0.05) is 12.1 Å². The van der Waals surface area contributed by atoms with Gasteiger partial charge in [-0.15, -0.1) is 0 Å². The Morgan fingerprint density at radius 3 is 2.53 bits per heavy atom. The molecule has 3 rings (SSSR count). The predicted molar refractivity (Wildman–Crippen MR) is 111 cm³/mol. The minimum atomic E-state index is -0.742. The fourth-order valence-electron chi connectivity index (χ4n) is 3.56. The lowest BCUT2D eigenvalue weighted by atomic mass is 9.95. The van der Waals surface area contributed by atoms with Crippen LogP contribution in [0.25, 0.3) is 5.76 Å². The van der Waals surface area contributed by atoms with Crippen LogP contribution in [-0.4, -0.2) is 53.7 Å². The van der Waals surface area contributed by atoms with Gasteiger partial charge in [0.15, 0.2) is 0 Å². The molecule has 7 nitrogen and oxygen atoms in total. The zero-order valence-electron chi connectivity index (χ0n) is 17.0. The first kappa shape index (κ1) is 21.4. The van der Waals surface area contributed by atoms with E-state index in [4.69, 9.17) is 14.6 Å². The molecule has 2 aromatic carbocycles. The minimum Gasteiger partial charge on any atom is -0.507 e. The van der Waals surface area contributed by atoms with Crippen molar-refractivity contribution >= 4 is 17.4 Å². The highest BCUT2D eigenvalue weighted by Gasteiger charge is 2.45. The highest BCUT2D eigenvalue weighted by atomic mass is 16.5. The normalized spacial score (nSPS) is 18.0. The Hall–Kier alpha value is -3.32. The molecular weight excluding hydrogens is 386 g/mol. The van der Waals surface area contributed by atoms with E-state index in [1.807, 2.05) is 6.92 Å². The van der Waals surface area contributed by atoms with Gasteiger partial charge in [-0.25, -0.2) is 0 Å². The Kier molecular flexibility index (Phi) is 6.74. The molecule has 1 heterocycles. The van der Waals surface area contributed by atoms with Crippen molar-refractivity contribution in [2.75, 3.05) is 26.9 Å². The summed E-state index contributed by atoms with van der Waals surface area (Å²) in [6.45, 7) is 2.28. The van der Waals surface area contributed by atoms with E-state index in [0.29, 0.717) is 35.6 Å². The molecular formula is C23H25NO6. The number of nitrogens with zero attached hydrogens (tertiary/aromatic N) is 1. The number of Topliss-reactive ketones (excluding diaryl/α,β-unsaturated/α-hetero) is 1. The monoisotopic (exact) mass is 411 g/mol. The number of ketones is 1. The molecule has 1 aliphatic rings. The molecule has 0 aliphatic carbocycles. The Bertz CT molecular complexity index is 968. The van der Waals surface area contributed by atoms with E-state index in [0.717, 1.165) is 0 Å². The fourth-order valence-corrected chi connectivity index (χ4v) is 3.56. The summed E-state index contributed by atoms with van der Waals surface area (Å²) in [5.41, 5.74) is 1.06. The Balaban J connectivity index is 2.14. The van der Waals surface area contributed by atoms with E-state index < -0.39 is 17.7 Å². The molecule has 2 N–H and O–H groups in total. The maximum Gasteiger partial charge on any atom is 0.295 e. The number of rotatable bonds is 8. The van der Waals surface area contributed by atoms with Crippen molar-refractivity contribution in [3.05, 3.63) is 65.2 Å². The van der Waals surface area contributed by atoms with Crippen LogP contribution < -0.4 is 9.47 Å². The van der Waals surface area contributed by atoms with Crippen LogP contribution in [0.1, 0.15) is 30.5 Å². The number of ether oxygens (including phenoxy) is 2. The van der Waals surface area contributed by atoms with Crippen molar-refractivity contribution in [1.29, 1.82) is 0 Å². The maximum absolute atomic E-state index is 12.9. The summed E-state index contributed by atoms with van der Waals surface area (Å²) in [6, 6.07) is 12.9. The summed E-state index contributed by atoms with van der Waals surface area (Å²) < 4.78 is 10.7. The van der Waals surface area contributed by atoms with E-state index >= 15 is 0 Å². The number of aliphatic hydroxyl groups excluding tert-OH is 2. The Morgan fingerprint density at radius 1 is 1.10 bits per heavy atom. The number of carbonyl (C=O) groups excluding carboxylic acids is 2. The van der Waals surface area contributed by atoms with E-state index in [-0.39, 0.29) is 24.5 Å². The first-order valence-electron chi connectivity index (χ1n) is 9.78. The van der Waals surface area contributed by atoms with Crippen molar-refractivity contribution in [3.63, 3.8) is 0 Å². The zero-order chi connectivity index (χ0) is 21.7.